The molecule has 1 aliphatic rings. The van der Waals surface area contributed by atoms with Gasteiger partial charge in [-0.1, -0.05) is 5.16 Å². The number of hydrogen-bond donors (Lipinski definition) is 2. The molecule has 0 saturated heterocycles. The third-order valence-electron chi connectivity index (χ3n) is 2.11. The van der Waals surface area contributed by atoms with Gasteiger partial charge < -0.3 is 15.1 Å². The second-order valence-corrected chi connectivity index (χ2v) is 2.70. The maximum atomic E-state index is 8.84. The third-order valence-corrected chi connectivity index (χ3v) is 2.11. The number of rotatable bonds is 3. The monoisotopic (exact) mass is 159 g/mol. The van der Waals surface area contributed by atoms with Gasteiger partial charge in [-0.25, -0.2) is 0 Å². The molecule has 1 saturated carbocycles. The largest absolute Gasteiger partial charge is 0.399 e. The van der Waals surface area contributed by atoms with Gasteiger partial charge in [0.25, 0.3) is 0 Å². The summed E-state index contributed by atoms with van der Waals surface area (Å²) in [4.78, 5) is 4.57. The van der Waals surface area contributed by atoms with Crippen LogP contribution in [-0.2, 0) is 4.84 Å². The van der Waals surface area contributed by atoms with Crippen molar-refractivity contribution in [3.8, 4) is 0 Å². The van der Waals surface area contributed by atoms with Crippen molar-refractivity contribution in [2.75, 3.05) is 20.3 Å². The minimum absolute atomic E-state index is 0.0138. The van der Waals surface area contributed by atoms with Crippen molar-refractivity contribution in [1.29, 1.82) is 0 Å². The van der Waals surface area contributed by atoms with E-state index < -0.39 is 0 Å². The first-order valence-corrected chi connectivity index (χ1v) is 3.65. The topological polar surface area (TPSA) is 62.0 Å². The predicted molar refractivity (Wildman–Crippen MR) is 40.2 cm³/mol. The van der Waals surface area contributed by atoms with Gasteiger partial charge in [0, 0.05) is 12.5 Å². The van der Waals surface area contributed by atoms with Gasteiger partial charge in [-0.2, -0.15) is 0 Å². The molecule has 1 aliphatic carbocycles. The summed E-state index contributed by atoms with van der Waals surface area (Å²) < 4.78 is 0. The molecule has 11 heavy (non-hydrogen) atoms. The lowest BCUT2D eigenvalue weighted by Gasteiger charge is -2.34. The van der Waals surface area contributed by atoms with Crippen molar-refractivity contribution in [3.63, 3.8) is 0 Å². The number of aliphatic hydroxyl groups excluding tert-OH is 2. The summed E-state index contributed by atoms with van der Waals surface area (Å²) in [7, 11) is 1.48. The first-order chi connectivity index (χ1) is 5.33. The Balaban J connectivity index is 2.45. The fourth-order valence-corrected chi connectivity index (χ4v) is 1.34. The van der Waals surface area contributed by atoms with Crippen LogP contribution in [0.5, 0.6) is 0 Å². The van der Waals surface area contributed by atoms with Crippen molar-refractivity contribution in [3.05, 3.63) is 0 Å². The Bertz CT molecular complexity index is 158. The molecule has 0 aliphatic heterocycles. The van der Waals surface area contributed by atoms with Gasteiger partial charge >= 0.3 is 0 Å². The first-order valence-electron chi connectivity index (χ1n) is 3.65. The molecule has 2 atom stereocenters. The minimum atomic E-state index is 0.0138. The van der Waals surface area contributed by atoms with E-state index in [1.54, 1.807) is 0 Å². The molecule has 0 bridgehead atoms. The minimum Gasteiger partial charge on any atom is -0.399 e. The van der Waals surface area contributed by atoms with Crippen molar-refractivity contribution >= 4 is 5.71 Å². The molecule has 4 heteroatoms. The summed E-state index contributed by atoms with van der Waals surface area (Å²) in [5.74, 6) is 0.189. The van der Waals surface area contributed by atoms with Crippen LogP contribution in [0, 0.1) is 11.8 Å². The summed E-state index contributed by atoms with van der Waals surface area (Å²) in [6.45, 7) is 0.168. The fourth-order valence-electron chi connectivity index (χ4n) is 1.34. The number of aliphatic hydroxyl groups is 2. The van der Waals surface area contributed by atoms with E-state index in [1.165, 1.54) is 7.11 Å². The van der Waals surface area contributed by atoms with Crippen LogP contribution >= 0.6 is 0 Å². The molecule has 0 aromatic heterocycles. The zero-order valence-electron chi connectivity index (χ0n) is 6.53. The highest BCUT2D eigenvalue weighted by molar-refractivity contribution is 5.92. The summed E-state index contributed by atoms with van der Waals surface area (Å²) in [5.41, 5.74) is 0.856. The number of hydrogen-bond acceptors (Lipinski definition) is 4. The molecule has 0 amide bonds. The van der Waals surface area contributed by atoms with E-state index in [0.717, 1.165) is 12.1 Å². The van der Waals surface area contributed by atoms with Gasteiger partial charge in [-0.05, 0) is 12.3 Å². The van der Waals surface area contributed by atoms with Crippen LogP contribution in [0.4, 0.5) is 0 Å². The molecule has 1 fully saturated rings. The average molecular weight is 159 g/mol. The van der Waals surface area contributed by atoms with Gasteiger partial charge in [0.15, 0.2) is 0 Å². The van der Waals surface area contributed by atoms with Gasteiger partial charge in [0.2, 0.25) is 0 Å². The molecule has 2 N–H and O–H groups in total. The normalized spacial score (nSPS) is 33.5. The molecule has 0 aromatic carbocycles. The van der Waals surface area contributed by atoms with E-state index in [2.05, 4.69) is 9.99 Å². The second-order valence-electron chi connectivity index (χ2n) is 2.70. The quantitative estimate of drug-likeness (QED) is 0.551. The standard InChI is InChI=1S/C7H13NO3/c1-11-8-7-2-5(3-9)6(7)4-10/h5-6,9-10H,2-4H2,1H3/b8-7-/t5-,6-/m1/s1. The Morgan fingerprint density at radius 1 is 1.55 bits per heavy atom. The third kappa shape index (κ3) is 1.52. The first kappa shape index (κ1) is 8.49. The second kappa shape index (κ2) is 3.69. The maximum absolute atomic E-state index is 8.84. The zero-order valence-corrected chi connectivity index (χ0v) is 6.53. The Labute approximate surface area is 65.5 Å². The van der Waals surface area contributed by atoms with Gasteiger partial charge in [-0.3, -0.25) is 0 Å². The molecule has 0 aromatic rings. The van der Waals surface area contributed by atoms with E-state index in [-0.39, 0.29) is 25.0 Å². The van der Waals surface area contributed by atoms with E-state index in [1.807, 2.05) is 0 Å². The van der Waals surface area contributed by atoms with Crippen LogP contribution in [0.25, 0.3) is 0 Å². The molecular formula is C7H13NO3. The summed E-state index contributed by atoms with van der Waals surface area (Å²) in [5, 5.41) is 21.3. The lowest BCUT2D eigenvalue weighted by molar-refractivity contribution is 0.120. The van der Waals surface area contributed by atoms with Crippen LogP contribution in [0.3, 0.4) is 0 Å². The molecule has 1 rings (SSSR count). The van der Waals surface area contributed by atoms with Crippen molar-refractivity contribution in [2.24, 2.45) is 17.0 Å². The van der Waals surface area contributed by atoms with Crippen molar-refractivity contribution < 1.29 is 15.1 Å². The van der Waals surface area contributed by atoms with E-state index >= 15 is 0 Å². The van der Waals surface area contributed by atoms with Crippen LogP contribution in [0.1, 0.15) is 6.42 Å². The summed E-state index contributed by atoms with van der Waals surface area (Å²) >= 11 is 0. The highest BCUT2D eigenvalue weighted by Crippen LogP contribution is 2.30. The Morgan fingerprint density at radius 2 is 2.27 bits per heavy atom. The summed E-state index contributed by atoms with van der Waals surface area (Å²) in [6, 6.07) is 0. The van der Waals surface area contributed by atoms with E-state index in [0.29, 0.717) is 0 Å². The lowest BCUT2D eigenvalue weighted by atomic mass is 9.73. The smallest absolute Gasteiger partial charge is 0.106 e. The average Bonchev–Trinajstić information content (AvgIpc) is 1.98. The highest BCUT2D eigenvalue weighted by Gasteiger charge is 2.37. The van der Waals surface area contributed by atoms with Gasteiger partial charge in [0.05, 0.1) is 12.3 Å². The summed E-state index contributed by atoms with van der Waals surface area (Å²) in [6.07, 6.45) is 0.746. The Morgan fingerprint density at radius 3 is 2.73 bits per heavy atom. The number of oxime groups is 1. The fraction of sp³-hybridized carbons (Fsp3) is 0.857. The number of nitrogens with zero attached hydrogens (tertiary/aromatic N) is 1. The molecule has 0 spiro atoms. The molecule has 0 heterocycles. The highest BCUT2D eigenvalue weighted by atomic mass is 16.6. The Hall–Kier alpha value is -0.610. The van der Waals surface area contributed by atoms with Crippen LogP contribution in [-0.4, -0.2) is 36.2 Å². The lowest BCUT2D eigenvalue weighted by Crippen LogP contribution is -2.41. The molecule has 0 radical (unpaired) electrons. The van der Waals surface area contributed by atoms with Crippen molar-refractivity contribution in [2.45, 2.75) is 6.42 Å². The van der Waals surface area contributed by atoms with Crippen molar-refractivity contribution in [1.82, 2.24) is 0 Å². The molecular weight excluding hydrogens is 146 g/mol. The van der Waals surface area contributed by atoms with Crippen LogP contribution in [0.2, 0.25) is 0 Å². The van der Waals surface area contributed by atoms with E-state index in [4.69, 9.17) is 10.2 Å². The molecule has 0 unspecified atom stereocenters. The Kier molecular flexibility index (Phi) is 2.84. The van der Waals surface area contributed by atoms with Gasteiger partial charge in [0.1, 0.15) is 7.11 Å². The van der Waals surface area contributed by atoms with Crippen LogP contribution in [0.15, 0.2) is 5.16 Å². The SMILES string of the molecule is CO/N=C1/C[C@H](CO)[C@H]1CO. The van der Waals surface area contributed by atoms with Gasteiger partial charge in [-0.15, -0.1) is 0 Å². The maximum Gasteiger partial charge on any atom is 0.106 e. The zero-order chi connectivity index (χ0) is 8.27. The predicted octanol–water partition coefficient (Wildman–Crippen LogP) is -0.390. The van der Waals surface area contributed by atoms with Crippen LogP contribution < -0.4 is 0 Å². The molecule has 4 nitrogen and oxygen atoms in total. The molecule has 64 valence electrons. The van der Waals surface area contributed by atoms with E-state index in [9.17, 15) is 0 Å².